The maximum absolute atomic E-state index is 12.5. The molecule has 0 aliphatic carbocycles. The lowest BCUT2D eigenvalue weighted by Crippen LogP contribution is -2.46. The van der Waals surface area contributed by atoms with Crippen molar-refractivity contribution in [1.29, 1.82) is 0 Å². The Bertz CT molecular complexity index is 556. The van der Waals surface area contributed by atoms with Crippen molar-refractivity contribution < 1.29 is 19.1 Å². The molecule has 1 heterocycles. The molecule has 1 saturated heterocycles. The van der Waals surface area contributed by atoms with Crippen molar-refractivity contribution in [2.75, 3.05) is 32.5 Å². The largest absolute Gasteiger partial charge is 0.469 e. The lowest BCUT2D eigenvalue weighted by Gasteiger charge is -2.32. The van der Waals surface area contributed by atoms with E-state index in [9.17, 15) is 9.59 Å². The van der Waals surface area contributed by atoms with Crippen molar-refractivity contribution in [2.24, 2.45) is 0 Å². The van der Waals surface area contributed by atoms with Crippen molar-refractivity contribution >= 4 is 45.9 Å². The van der Waals surface area contributed by atoms with Gasteiger partial charge in [0.25, 0.3) is 5.91 Å². The number of carbonyl (C=O) groups excluding carboxylic acids is 2. The monoisotopic (exact) mass is 392 g/mol. The Morgan fingerprint density at radius 2 is 2.23 bits per heavy atom. The maximum atomic E-state index is 12.5. The molecule has 0 radical (unpaired) electrons. The number of carbonyl (C=O) groups is 2. The van der Waals surface area contributed by atoms with Crippen LogP contribution in [0.2, 0.25) is 0 Å². The van der Waals surface area contributed by atoms with E-state index >= 15 is 0 Å². The lowest BCUT2D eigenvalue weighted by atomic mass is 10.1. The van der Waals surface area contributed by atoms with Gasteiger partial charge in [0.05, 0.1) is 31.8 Å². The number of nitrogen functional groups attached to an aromatic ring is 1. The summed E-state index contributed by atoms with van der Waals surface area (Å²) in [7, 11) is 1.33. The summed E-state index contributed by atoms with van der Waals surface area (Å²) in [5.41, 5.74) is 6.76. The Morgan fingerprint density at radius 1 is 1.50 bits per heavy atom. The van der Waals surface area contributed by atoms with Crippen LogP contribution >= 0.6 is 28.3 Å². The first-order valence-electron chi connectivity index (χ1n) is 6.54. The molecule has 0 aromatic heterocycles. The van der Waals surface area contributed by atoms with Gasteiger partial charge in [-0.2, -0.15) is 0 Å². The molecule has 8 heteroatoms. The second-order valence-corrected chi connectivity index (χ2v) is 5.67. The van der Waals surface area contributed by atoms with Gasteiger partial charge in [0.15, 0.2) is 0 Å². The van der Waals surface area contributed by atoms with Gasteiger partial charge in [-0.05, 0) is 18.2 Å². The van der Waals surface area contributed by atoms with E-state index in [0.717, 1.165) is 4.47 Å². The van der Waals surface area contributed by atoms with E-state index in [0.29, 0.717) is 30.9 Å². The summed E-state index contributed by atoms with van der Waals surface area (Å²) in [6.07, 6.45) is -0.206. The van der Waals surface area contributed by atoms with E-state index in [2.05, 4.69) is 20.7 Å². The quantitative estimate of drug-likeness (QED) is 0.626. The average molecular weight is 394 g/mol. The Labute approximate surface area is 143 Å². The number of morpholine rings is 1. The molecule has 1 atom stereocenters. The summed E-state index contributed by atoms with van der Waals surface area (Å²) in [6.45, 7) is 1.22. The van der Waals surface area contributed by atoms with Gasteiger partial charge in [0.1, 0.15) is 0 Å². The fourth-order valence-corrected chi connectivity index (χ4v) is 2.57. The molecule has 0 spiro atoms. The van der Waals surface area contributed by atoms with Crippen LogP contribution in [0.4, 0.5) is 5.69 Å². The van der Waals surface area contributed by atoms with Crippen LogP contribution < -0.4 is 5.73 Å². The van der Waals surface area contributed by atoms with Gasteiger partial charge in [0.2, 0.25) is 0 Å². The predicted molar refractivity (Wildman–Crippen MR) is 88.1 cm³/mol. The Balaban J connectivity index is 0.00000242. The van der Waals surface area contributed by atoms with Crippen molar-refractivity contribution in [3.8, 4) is 0 Å². The van der Waals surface area contributed by atoms with Crippen LogP contribution in [0.1, 0.15) is 16.8 Å². The molecule has 2 N–H and O–H groups in total. The molecule has 0 bridgehead atoms. The number of hydrogen-bond acceptors (Lipinski definition) is 5. The molecule has 22 heavy (non-hydrogen) atoms. The van der Waals surface area contributed by atoms with E-state index < -0.39 is 0 Å². The third kappa shape index (κ3) is 4.59. The lowest BCUT2D eigenvalue weighted by molar-refractivity contribution is -0.145. The zero-order chi connectivity index (χ0) is 15.4. The number of esters is 1. The van der Waals surface area contributed by atoms with Gasteiger partial charge in [-0.3, -0.25) is 9.59 Å². The van der Waals surface area contributed by atoms with Crippen LogP contribution in [0, 0.1) is 0 Å². The number of ether oxygens (including phenoxy) is 2. The summed E-state index contributed by atoms with van der Waals surface area (Å²) in [6, 6.07) is 5.15. The molecule has 6 nitrogen and oxygen atoms in total. The van der Waals surface area contributed by atoms with Gasteiger partial charge < -0.3 is 20.1 Å². The van der Waals surface area contributed by atoms with Crippen LogP contribution in [0.5, 0.6) is 0 Å². The Kier molecular flexibility index (Phi) is 7.12. The van der Waals surface area contributed by atoms with Crippen molar-refractivity contribution in [1.82, 2.24) is 4.90 Å². The number of methoxy groups -OCH3 is 1. The van der Waals surface area contributed by atoms with Gasteiger partial charge in [-0.15, -0.1) is 12.4 Å². The normalized spacial score (nSPS) is 17.5. The molecule has 1 amide bonds. The molecule has 1 aliphatic heterocycles. The van der Waals surface area contributed by atoms with Crippen molar-refractivity contribution in [3.05, 3.63) is 28.2 Å². The number of hydrogen-bond donors (Lipinski definition) is 1. The number of nitrogens with zero attached hydrogens (tertiary/aromatic N) is 1. The minimum atomic E-state index is -0.350. The summed E-state index contributed by atoms with van der Waals surface area (Å²) >= 11 is 3.31. The third-order valence-electron chi connectivity index (χ3n) is 3.29. The number of benzene rings is 1. The van der Waals surface area contributed by atoms with Gasteiger partial charge in [0, 0.05) is 23.2 Å². The number of anilines is 1. The number of rotatable bonds is 3. The molecular weight excluding hydrogens is 376 g/mol. The summed E-state index contributed by atoms with van der Waals surface area (Å²) < 4.78 is 10.9. The molecule has 1 aliphatic rings. The first kappa shape index (κ1) is 18.7. The predicted octanol–water partition coefficient (Wildman–Crippen LogP) is 1.86. The number of nitrogens with two attached hydrogens (primary N) is 1. The minimum Gasteiger partial charge on any atom is -0.469 e. The average Bonchev–Trinajstić information content (AvgIpc) is 2.47. The van der Waals surface area contributed by atoms with E-state index in [1.54, 1.807) is 23.1 Å². The summed E-state index contributed by atoms with van der Waals surface area (Å²) in [5, 5.41) is 0. The molecule has 0 saturated carbocycles. The fraction of sp³-hybridized carbons (Fsp3) is 0.429. The highest BCUT2D eigenvalue weighted by molar-refractivity contribution is 9.10. The Hall–Kier alpha value is -1.31. The maximum Gasteiger partial charge on any atom is 0.308 e. The van der Waals surface area contributed by atoms with E-state index in [4.69, 9.17) is 10.5 Å². The van der Waals surface area contributed by atoms with Crippen LogP contribution in [0.3, 0.4) is 0 Å². The first-order valence-corrected chi connectivity index (χ1v) is 7.33. The molecule has 2 rings (SSSR count). The van der Waals surface area contributed by atoms with Crippen molar-refractivity contribution in [2.45, 2.75) is 12.5 Å². The Morgan fingerprint density at radius 3 is 2.86 bits per heavy atom. The molecular formula is C14H18BrClN2O4. The van der Waals surface area contributed by atoms with Crippen LogP contribution in [0.15, 0.2) is 22.7 Å². The van der Waals surface area contributed by atoms with Crippen molar-refractivity contribution in [3.63, 3.8) is 0 Å². The SMILES string of the molecule is COC(=O)CC1CN(C(=O)c2ccc(Br)cc2N)CCO1.Cl. The van der Waals surface area contributed by atoms with Crippen LogP contribution in [-0.2, 0) is 14.3 Å². The highest BCUT2D eigenvalue weighted by Crippen LogP contribution is 2.21. The fourth-order valence-electron chi connectivity index (χ4n) is 2.20. The van der Waals surface area contributed by atoms with Crippen LogP contribution in [-0.4, -0.2) is 49.7 Å². The standard InChI is InChI=1S/C14H17BrN2O4.ClH/c1-20-13(18)7-10-8-17(4-5-21-10)14(19)11-3-2-9(15)6-12(11)16;/h2-3,6,10H,4-5,7-8,16H2,1H3;1H. The summed E-state index contributed by atoms with van der Waals surface area (Å²) in [5.74, 6) is -0.504. The molecule has 122 valence electrons. The molecule has 1 aromatic rings. The van der Waals surface area contributed by atoms with Gasteiger partial charge in [-0.25, -0.2) is 0 Å². The second-order valence-electron chi connectivity index (χ2n) is 4.76. The topological polar surface area (TPSA) is 81.9 Å². The minimum absolute atomic E-state index is 0. The number of amides is 1. The first-order chi connectivity index (χ1) is 10.0. The molecule has 1 aromatic carbocycles. The van der Waals surface area contributed by atoms with E-state index in [1.807, 2.05) is 0 Å². The van der Waals surface area contributed by atoms with E-state index in [-0.39, 0.29) is 36.8 Å². The highest BCUT2D eigenvalue weighted by Gasteiger charge is 2.27. The molecule has 1 fully saturated rings. The zero-order valence-electron chi connectivity index (χ0n) is 12.1. The van der Waals surface area contributed by atoms with Gasteiger partial charge >= 0.3 is 5.97 Å². The number of halogens is 2. The summed E-state index contributed by atoms with van der Waals surface area (Å²) in [4.78, 5) is 25.4. The smallest absolute Gasteiger partial charge is 0.308 e. The second kappa shape index (κ2) is 8.36. The third-order valence-corrected chi connectivity index (χ3v) is 3.79. The van der Waals surface area contributed by atoms with Gasteiger partial charge in [-0.1, -0.05) is 15.9 Å². The zero-order valence-corrected chi connectivity index (χ0v) is 14.5. The highest BCUT2D eigenvalue weighted by atomic mass is 79.9. The molecule has 1 unspecified atom stereocenters. The van der Waals surface area contributed by atoms with E-state index in [1.165, 1.54) is 7.11 Å². The van der Waals surface area contributed by atoms with Crippen LogP contribution in [0.25, 0.3) is 0 Å².